The van der Waals surface area contributed by atoms with Gasteiger partial charge in [-0.3, -0.25) is 4.90 Å². The molecule has 1 saturated carbocycles. The fraction of sp³-hybridized carbons (Fsp3) is 0.556. The third kappa shape index (κ3) is 2.32. The van der Waals surface area contributed by atoms with E-state index in [0.717, 1.165) is 43.5 Å². The van der Waals surface area contributed by atoms with Gasteiger partial charge in [0.05, 0.1) is 31.3 Å². The van der Waals surface area contributed by atoms with Gasteiger partial charge >= 0.3 is 0 Å². The molecule has 5 rings (SSSR count). The van der Waals surface area contributed by atoms with Gasteiger partial charge in [-0.25, -0.2) is 9.97 Å². The summed E-state index contributed by atoms with van der Waals surface area (Å²) in [6.45, 7) is 3.98. The molecule has 6 heteroatoms. The maximum atomic E-state index is 5.49. The number of imidazole rings is 1. The lowest BCUT2D eigenvalue weighted by atomic mass is 9.89. The van der Waals surface area contributed by atoms with Crippen LogP contribution >= 0.6 is 0 Å². The van der Waals surface area contributed by atoms with Crippen LogP contribution in [0.25, 0.3) is 22.1 Å². The second-order valence-electron chi connectivity index (χ2n) is 6.99. The molecule has 1 aliphatic carbocycles. The lowest BCUT2D eigenvalue weighted by Gasteiger charge is -2.39. The summed E-state index contributed by atoms with van der Waals surface area (Å²) in [5.74, 6) is 0. The number of rotatable bonds is 2. The number of fused-ring (bicyclic) bond motifs is 3. The Kier molecular flexibility index (Phi) is 3.52. The van der Waals surface area contributed by atoms with E-state index in [1.54, 1.807) is 0 Å². The van der Waals surface area contributed by atoms with Crippen LogP contribution in [0.2, 0.25) is 0 Å². The maximum Gasteiger partial charge on any atom is 0.139 e. The van der Waals surface area contributed by atoms with Crippen LogP contribution in [0.1, 0.15) is 31.7 Å². The molecule has 0 spiro atoms. The Balaban J connectivity index is 1.40. The molecule has 0 atom stereocenters. The van der Waals surface area contributed by atoms with Crippen molar-refractivity contribution in [2.24, 2.45) is 0 Å². The van der Waals surface area contributed by atoms with E-state index in [1.165, 1.54) is 36.6 Å². The average molecular weight is 325 g/mol. The average Bonchev–Trinajstić information content (AvgIpc) is 3.29. The van der Waals surface area contributed by atoms with Crippen LogP contribution in [0.4, 0.5) is 0 Å². The third-order valence-electron chi connectivity index (χ3n) is 5.74. The minimum absolute atomic E-state index is 0.549. The van der Waals surface area contributed by atoms with E-state index in [0.29, 0.717) is 6.04 Å². The molecule has 1 aliphatic heterocycles. The molecule has 0 unspecified atom stereocenters. The number of pyridine rings is 1. The monoisotopic (exact) mass is 325 g/mol. The van der Waals surface area contributed by atoms with E-state index >= 15 is 0 Å². The van der Waals surface area contributed by atoms with Crippen molar-refractivity contribution in [3.05, 3.63) is 24.8 Å². The van der Waals surface area contributed by atoms with Gasteiger partial charge in [0.1, 0.15) is 11.2 Å². The van der Waals surface area contributed by atoms with Gasteiger partial charge in [0.15, 0.2) is 0 Å². The normalized spacial score (nSPS) is 26.3. The number of aromatic nitrogens is 4. The Morgan fingerprint density at radius 1 is 1.04 bits per heavy atom. The number of ether oxygens (including phenoxy) is 1. The first-order valence-electron chi connectivity index (χ1n) is 9.00. The van der Waals surface area contributed by atoms with Crippen LogP contribution in [0.15, 0.2) is 24.8 Å². The van der Waals surface area contributed by atoms with E-state index in [4.69, 9.17) is 4.74 Å². The van der Waals surface area contributed by atoms with Crippen molar-refractivity contribution in [3.8, 4) is 0 Å². The Bertz CT molecular complexity index is 839. The molecule has 1 saturated heterocycles. The van der Waals surface area contributed by atoms with Crippen LogP contribution in [-0.4, -0.2) is 56.8 Å². The molecule has 3 aromatic heterocycles. The van der Waals surface area contributed by atoms with Crippen molar-refractivity contribution >= 4 is 22.1 Å². The number of hydrogen-bond acceptors (Lipinski definition) is 4. The number of morpholine rings is 1. The molecule has 0 aromatic carbocycles. The second kappa shape index (κ2) is 5.86. The van der Waals surface area contributed by atoms with Crippen molar-refractivity contribution in [1.29, 1.82) is 0 Å². The largest absolute Gasteiger partial charge is 0.379 e. The van der Waals surface area contributed by atoms with E-state index in [9.17, 15) is 0 Å². The smallest absolute Gasteiger partial charge is 0.139 e. The minimum Gasteiger partial charge on any atom is -0.379 e. The molecule has 6 nitrogen and oxygen atoms in total. The van der Waals surface area contributed by atoms with Crippen molar-refractivity contribution in [1.82, 2.24) is 24.4 Å². The lowest BCUT2D eigenvalue weighted by molar-refractivity contribution is 0.00558. The van der Waals surface area contributed by atoms with Crippen LogP contribution in [0, 0.1) is 0 Å². The minimum atomic E-state index is 0.549. The van der Waals surface area contributed by atoms with Gasteiger partial charge in [-0.2, -0.15) is 0 Å². The topological polar surface area (TPSA) is 59.0 Å². The Labute approximate surface area is 140 Å². The first-order valence-corrected chi connectivity index (χ1v) is 9.00. The molecule has 0 radical (unpaired) electrons. The van der Waals surface area contributed by atoms with Crippen molar-refractivity contribution < 1.29 is 4.74 Å². The van der Waals surface area contributed by atoms with Crippen molar-refractivity contribution in [2.45, 2.75) is 37.8 Å². The van der Waals surface area contributed by atoms with Gasteiger partial charge in [0.2, 0.25) is 0 Å². The van der Waals surface area contributed by atoms with Crippen LogP contribution < -0.4 is 0 Å². The first kappa shape index (κ1) is 14.4. The van der Waals surface area contributed by atoms with Gasteiger partial charge in [0.25, 0.3) is 0 Å². The maximum absolute atomic E-state index is 5.49. The Hall–Kier alpha value is -1.92. The zero-order valence-corrected chi connectivity index (χ0v) is 13.8. The molecule has 4 heterocycles. The van der Waals surface area contributed by atoms with Gasteiger partial charge < -0.3 is 14.3 Å². The zero-order valence-electron chi connectivity index (χ0n) is 13.8. The van der Waals surface area contributed by atoms with Crippen LogP contribution in [0.5, 0.6) is 0 Å². The zero-order chi connectivity index (χ0) is 15.9. The quantitative estimate of drug-likeness (QED) is 0.787. The fourth-order valence-corrected chi connectivity index (χ4v) is 4.45. The predicted octanol–water partition coefficient (Wildman–Crippen LogP) is 2.73. The number of aromatic amines is 1. The van der Waals surface area contributed by atoms with Crippen molar-refractivity contribution in [3.63, 3.8) is 0 Å². The molecule has 0 bridgehead atoms. The first-order chi connectivity index (χ1) is 11.9. The summed E-state index contributed by atoms with van der Waals surface area (Å²) in [4.78, 5) is 14.9. The summed E-state index contributed by atoms with van der Waals surface area (Å²) >= 11 is 0. The predicted molar refractivity (Wildman–Crippen MR) is 93.1 cm³/mol. The molecule has 2 fully saturated rings. The molecule has 24 heavy (non-hydrogen) atoms. The summed E-state index contributed by atoms with van der Waals surface area (Å²) in [5.41, 5.74) is 3.18. The SMILES string of the molecule is c1cc2c(ncc3ncn(C4CCC(N5CCOCC5)CC4)c32)[nH]1. The highest BCUT2D eigenvalue weighted by Gasteiger charge is 2.28. The summed E-state index contributed by atoms with van der Waals surface area (Å²) < 4.78 is 7.88. The van der Waals surface area contributed by atoms with Gasteiger partial charge in [-0.15, -0.1) is 0 Å². The van der Waals surface area contributed by atoms with Crippen LogP contribution in [-0.2, 0) is 4.74 Å². The summed E-state index contributed by atoms with van der Waals surface area (Å²) in [6.07, 6.45) is 10.8. The van der Waals surface area contributed by atoms with Crippen LogP contribution in [0.3, 0.4) is 0 Å². The summed E-state index contributed by atoms with van der Waals surface area (Å²) in [7, 11) is 0. The number of nitrogens with one attached hydrogen (secondary N) is 1. The second-order valence-corrected chi connectivity index (χ2v) is 6.99. The molecule has 3 aromatic rings. The highest BCUT2D eigenvalue weighted by Crippen LogP contribution is 2.34. The summed E-state index contributed by atoms with van der Waals surface area (Å²) in [6, 6.07) is 3.39. The molecular weight excluding hydrogens is 302 g/mol. The summed E-state index contributed by atoms with van der Waals surface area (Å²) in [5, 5.41) is 1.18. The van der Waals surface area contributed by atoms with Gasteiger partial charge in [-0.1, -0.05) is 0 Å². The lowest BCUT2D eigenvalue weighted by Crippen LogP contribution is -2.45. The molecule has 1 N–H and O–H groups in total. The van der Waals surface area contributed by atoms with E-state index in [-0.39, 0.29) is 0 Å². The number of hydrogen-bond donors (Lipinski definition) is 1. The highest BCUT2D eigenvalue weighted by atomic mass is 16.5. The van der Waals surface area contributed by atoms with E-state index < -0.39 is 0 Å². The molecular formula is C18H23N5O. The highest BCUT2D eigenvalue weighted by molar-refractivity contribution is 6.00. The fourth-order valence-electron chi connectivity index (χ4n) is 4.45. The molecule has 2 aliphatic rings. The Morgan fingerprint density at radius 3 is 2.67 bits per heavy atom. The number of nitrogens with zero attached hydrogens (tertiary/aromatic N) is 4. The van der Waals surface area contributed by atoms with Gasteiger partial charge in [0, 0.05) is 36.8 Å². The number of H-pyrrole nitrogens is 1. The standard InChI is InChI=1S/C18H23N5O/c1-3-14(4-2-13(1)22-7-9-24-10-8-22)23-12-21-16-11-20-18-15(17(16)23)5-6-19-18/h5-6,11-14H,1-4,7-10H2,(H,19,20). The van der Waals surface area contributed by atoms with E-state index in [2.05, 4.69) is 30.5 Å². The molecule has 0 amide bonds. The Morgan fingerprint density at radius 2 is 1.83 bits per heavy atom. The third-order valence-corrected chi connectivity index (χ3v) is 5.74. The van der Waals surface area contributed by atoms with Crippen molar-refractivity contribution in [2.75, 3.05) is 26.3 Å². The molecule has 126 valence electrons. The van der Waals surface area contributed by atoms with Gasteiger partial charge in [-0.05, 0) is 31.7 Å². The van der Waals surface area contributed by atoms with E-state index in [1.807, 2.05) is 18.7 Å².